The molecule has 0 bridgehead atoms. The highest BCUT2D eigenvalue weighted by Crippen LogP contribution is 2.24. The van der Waals surface area contributed by atoms with Gasteiger partial charge in [0.15, 0.2) is 5.82 Å². The van der Waals surface area contributed by atoms with Crippen molar-refractivity contribution in [3.63, 3.8) is 0 Å². The second kappa shape index (κ2) is 6.81. The van der Waals surface area contributed by atoms with Crippen molar-refractivity contribution in [2.75, 3.05) is 10.6 Å². The van der Waals surface area contributed by atoms with Gasteiger partial charge < -0.3 is 10.6 Å². The molecule has 23 heavy (non-hydrogen) atoms. The van der Waals surface area contributed by atoms with Gasteiger partial charge in [-0.2, -0.15) is 10.1 Å². The van der Waals surface area contributed by atoms with Crippen molar-refractivity contribution in [3.05, 3.63) is 64.3 Å². The van der Waals surface area contributed by atoms with E-state index in [1.165, 1.54) is 6.20 Å². The maximum absolute atomic E-state index is 5.98. The Bertz CT molecular complexity index is 818. The molecule has 0 saturated heterocycles. The van der Waals surface area contributed by atoms with Gasteiger partial charge in [0.1, 0.15) is 0 Å². The van der Waals surface area contributed by atoms with Gasteiger partial charge in [0.25, 0.3) is 0 Å². The monoisotopic (exact) mass is 345 g/mol. The van der Waals surface area contributed by atoms with Crippen molar-refractivity contribution in [1.29, 1.82) is 0 Å². The number of hydrogen-bond acceptors (Lipinski definition) is 5. The van der Waals surface area contributed by atoms with Crippen LogP contribution in [0.2, 0.25) is 10.0 Å². The molecule has 1 aromatic heterocycles. The lowest BCUT2D eigenvalue weighted by molar-refractivity contribution is 0.982. The molecule has 5 nitrogen and oxygen atoms in total. The van der Waals surface area contributed by atoms with Crippen LogP contribution in [0, 0.1) is 6.92 Å². The van der Waals surface area contributed by atoms with Gasteiger partial charge in [-0.25, -0.2) is 0 Å². The van der Waals surface area contributed by atoms with Crippen LogP contribution >= 0.6 is 23.2 Å². The fourth-order valence-electron chi connectivity index (χ4n) is 2.04. The number of nitrogens with one attached hydrogen (secondary N) is 2. The fraction of sp³-hybridized carbons (Fsp3) is 0.0625. The highest BCUT2D eigenvalue weighted by molar-refractivity contribution is 6.35. The summed E-state index contributed by atoms with van der Waals surface area (Å²) in [6.45, 7) is 2.02. The largest absolute Gasteiger partial charge is 0.339 e. The molecule has 0 saturated carbocycles. The number of nitrogens with zero attached hydrogens (tertiary/aromatic N) is 3. The molecule has 0 amide bonds. The molecule has 2 aromatic carbocycles. The Labute approximate surface area is 143 Å². The van der Waals surface area contributed by atoms with E-state index >= 15 is 0 Å². The molecular weight excluding hydrogens is 333 g/mol. The van der Waals surface area contributed by atoms with Crippen molar-refractivity contribution < 1.29 is 0 Å². The third-order valence-electron chi connectivity index (χ3n) is 2.97. The number of halogens is 2. The lowest BCUT2D eigenvalue weighted by atomic mass is 10.2. The smallest absolute Gasteiger partial charge is 0.249 e. The van der Waals surface area contributed by atoms with Crippen LogP contribution in [0.25, 0.3) is 0 Å². The first-order valence-electron chi connectivity index (χ1n) is 6.85. The predicted molar refractivity (Wildman–Crippen MR) is 94.0 cm³/mol. The van der Waals surface area contributed by atoms with E-state index in [1.807, 2.05) is 31.2 Å². The molecule has 0 unspecified atom stereocenters. The zero-order valence-electron chi connectivity index (χ0n) is 12.2. The first-order chi connectivity index (χ1) is 11.1. The zero-order valence-corrected chi connectivity index (χ0v) is 13.7. The van der Waals surface area contributed by atoms with Gasteiger partial charge in [0.2, 0.25) is 5.95 Å². The number of aromatic nitrogens is 3. The molecule has 116 valence electrons. The van der Waals surface area contributed by atoms with E-state index < -0.39 is 0 Å². The molecule has 3 aromatic rings. The first kappa shape index (κ1) is 15.5. The summed E-state index contributed by atoms with van der Waals surface area (Å²) in [5.74, 6) is 0.933. The second-order valence-electron chi connectivity index (χ2n) is 4.94. The molecule has 0 atom stereocenters. The summed E-state index contributed by atoms with van der Waals surface area (Å²) >= 11 is 12.0. The van der Waals surface area contributed by atoms with Gasteiger partial charge in [-0.1, -0.05) is 35.3 Å². The Balaban J connectivity index is 1.79. The van der Waals surface area contributed by atoms with Crippen LogP contribution in [-0.2, 0) is 0 Å². The number of anilines is 4. The standard InChI is InChI=1S/C16H13Cl2N5/c1-10-3-2-4-13(5-10)21-16-22-15(9-19-23-16)20-14-7-11(17)6-12(18)8-14/h2-9H,1H3,(H2,20,21,22,23). The molecule has 0 spiro atoms. The summed E-state index contributed by atoms with van der Waals surface area (Å²) in [5, 5.41) is 15.2. The number of benzene rings is 2. The van der Waals surface area contributed by atoms with Crippen molar-refractivity contribution in [2.24, 2.45) is 0 Å². The van der Waals surface area contributed by atoms with E-state index in [-0.39, 0.29) is 0 Å². The first-order valence-corrected chi connectivity index (χ1v) is 7.61. The molecule has 0 aliphatic heterocycles. The Morgan fingerprint density at radius 3 is 2.43 bits per heavy atom. The van der Waals surface area contributed by atoms with Gasteiger partial charge in [-0.05, 0) is 42.8 Å². The van der Waals surface area contributed by atoms with Gasteiger partial charge >= 0.3 is 0 Å². The third-order valence-corrected chi connectivity index (χ3v) is 3.40. The van der Waals surface area contributed by atoms with Crippen LogP contribution in [0.1, 0.15) is 5.56 Å². The lowest BCUT2D eigenvalue weighted by Crippen LogP contribution is -2.02. The minimum absolute atomic E-state index is 0.397. The summed E-state index contributed by atoms with van der Waals surface area (Å²) in [4.78, 5) is 4.37. The molecule has 0 radical (unpaired) electrons. The molecule has 3 rings (SSSR count). The van der Waals surface area contributed by atoms with Gasteiger partial charge in [0.05, 0.1) is 6.20 Å². The SMILES string of the molecule is Cc1cccc(Nc2nncc(Nc3cc(Cl)cc(Cl)c3)n2)c1. The Morgan fingerprint density at radius 2 is 1.70 bits per heavy atom. The Morgan fingerprint density at radius 1 is 0.913 bits per heavy atom. The number of hydrogen-bond donors (Lipinski definition) is 2. The molecule has 1 heterocycles. The molecule has 2 N–H and O–H groups in total. The average Bonchev–Trinajstić information content (AvgIpc) is 2.46. The summed E-state index contributed by atoms with van der Waals surface area (Å²) in [7, 11) is 0. The fourth-order valence-corrected chi connectivity index (χ4v) is 2.57. The van der Waals surface area contributed by atoms with Crippen LogP contribution in [0.5, 0.6) is 0 Å². The summed E-state index contributed by atoms with van der Waals surface area (Å²) in [5.41, 5.74) is 2.77. The predicted octanol–water partition coefficient (Wildman–Crippen LogP) is 4.97. The highest BCUT2D eigenvalue weighted by Gasteiger charge is 2.04. The van der Waals surface area contributed by atoms with E-state index in [9.17, 15) is 0 Å². The van der Waals surface area contributed by atoms with Crippen LogP contribution < -0.4 is 10.6 Å². The van der Waals surface area contributed by atoms with Gasteiger partial charge in [0, 0.05) is 21.4 Å². The van der Waals surface area contributed by atoms with E-state index in [4.69, 9.17) is 23.2 Å². The second-order valence-corrected chi connectivity index (χ2v) is 5.82. The van der Waals surface area contributed by atoms with E-state index in [2.05, 4.69) is 25.8 Å². The summed E-state index contributed by atoms with van der Waals surface area (Å²) in [6, 6.07) is 13.1. The quantitative estimate of drug-likeness (QED) is 0.698. The van der Waals surface area contributed by atoms with Crippen molar-refractivity contribution in [1.82, 2.24) is 15.2 Å². The van der Waals surface area contributed by atoms with Crippen LogP contribution in [0.4, 0.5) is 23.1 Å². The highest BCUT2D eigenvalue weighted by atomic mass is 35.5. The van der Waals surface area contributed by atoms with Crippen molar-refractivity contribution in [2.45, 2.75) is 6.92 Å². The Kier molecular flexibility index (Phi) is 4.60. The molecule has 0 fully saturated rings. The van der Waals surface area contributed by atoms with Crippen LogP contribution in [-0.4, -0.2) is 15.2 Å². The third kappa shape index (κ3) is 4.31. The Hall–Kier alpha value is -2.37. The zero-order chi connectivity index (χ0) is 16.2. The van der Waals surface area contributed by atoms with Crippen molar-refractivity contribution in [3.8, 4) is 0 Å². The average molecular weight is 346 g/mol. The minimum Gasteiger partial charge on any atom is -0.339 e. The number of rotatable bonds is 4. The molecule has 7 heteroatoms. The summed E-state index contributed by atoms with van der Waals surface area (Å²) < 4.78 is 0. The van der Waals surface area contributed by atoms with Crippen LogP contribution in [0.3, 0.4) is 0 Å². The van der Waals surface area contributed by atoms with Crippen molar-refractivity contribution >= 4 is 46.3 Å². The maximum atomic E-state index is 5.98. The molecule has 0 aliphatic rings. The molecule has 0 aliphatic carbocycles. The van der Waals surface area contributed by atoms with Gasteiger partial charge in [-0.3, -0.25) is 0 Å². The lowest BCUT2D eigenvalue weighted by Gasteiger charge is -2.08. The van der Waals surface area contributed by atoms with Gasteiger partial charge in [-0.15, -0.1) is 5.10 Å². The minimum atomic E-state index is 0.397. The van der Waals surface area contributed by atoms with E-state index in [0.717, 1.165) is 16.9 Å². The van der Waals surface area contributed by atoms with E-state index in [0.29, 0.717) is 21.8 Å². The number of aryl methyl sites for hydroxylation is 1. The normalized spacial score (nSPS) is 10.4. The van der Waals surface area contributed by atoms with Crippen LogP contribution in [0.15, 0.2) is 48.7 Å². The maximum Gasteiger partial charge on any atom is 0.249 e. The summed E-state index contributed by atoms with van der Waals surface area (Å²) in [6.07, 6.45) is 1.52. The topological polar surface area (TPSA) is 62.7 Å². The van der Waals surface area contributed by atoms with E-state index in [1.54, 1.807) is 18.2 Å². The molecular formula is C16H13Cl2N5.